The maximum Gasteiger partial charge on any atom is 0.306 e. The van der Waals surface area contributed by atoms with Crippen LogP contribution >= 0.6 is 0 Å². The number of unbranched alkanes of at least 4 members (excludes halogenated alkanes) is 21. The highest BCUT2D eigenvalue weighted by atomic mass is 16.6. The van der Waals surface area contributed by atoms with Crippen molar-refractivity contribution in [3.05, 3.63) is 122 Å². The van der Waals surface area contributed by atoms with Crippen LogP contribution in [-0.4, -0.2) is 37.2 Å². The Labute approximate surface area is 443 Å². The Hall–Kier alpha value is -4.19. The average molecular weight is 998 g/mol. The monoisotopic (exact) mass is 997 g/mol. The van der Waals surface area contributed by atoms with Gasteiger partial charge in [-0.2, -0.15) is 0 Å². The molecule has 1 atom stereocenters. The third kappa shape index (κ3) is 56.7. The molecule has 0 spiro atoms. The SMILES string of the molecule is CC/C=C\C/C=C\C/C=C\C/C=C\C/C=C\C/C=C\C/C=C\C/C=C\CCCCCCCCCCC(=O)OCC(COC(=O)CCCCCCCCC)OC(=O)CCCCCCC/C=C\C/C=C\CCCC. The van der Waals surface area contributed by atoms with Gasteiger partial charge in [-0.1, -0.05) is 251 Å². The normalized spacial score (nSPS) is 13.0. The molecule has 0 saturated carbocycles. The van der Waals surface area contributed by atoms with Gasteiger partial charge in [-0.3, -0.25) is 14.4 Å². The Morgan fingerprint density at radius 3 is 0.889 bits per heavy atom. The molecule has 0 amide bonds. The first kappa shape index (κ1) is 67.8. The lowest BCUT2D eigenvalue weighted by Gasteiger charge is -2.18. The minimum Gasteiger partial charge on any atom is -0.462 e. The van der Waals surface area contributed by atoms with Crippen molar-refractivity contribution in [2.45, 2.75) is 264 Å². The van der Waals surface area contributed by atoms with Crippen LogP contribution in [0.1, 0.15) is 258 Å². The lowest BCUT2D eigenvalue weighted by molar-refractivity contribution is -0.167. The highest BCUT2D eigenvalue weighted by Crippen LogP contribution is 2.14. The smallest absolute Gasteiger partial charge is 0.306 e. The summed E-state index contributed by atoms with van der Waals surface area (Å²) in [5, 5.41) is 0. The van der Waals surface area contributed by atoms with Crippen LogP contribution in [0.2, 0.25) is 0 Å². The van der Waals surface area contributed by atoms with Gasteiger partial charge in [0, 0.05) is 19.3 Å². The molecule has 0 aliphatic carbocycles. The molecule has 1 unspecified atom stereocenters. The Kier molecular flexibility index (Phi) is 55.9. The van der Waals surface area contributed by atoms with E-state index in [1.807, 2.05) is 0 Å². The van der Waals surface area contributed by atoms with E-state index in [4.69, 9.17) is 14.2 Å². The van der Waals surface area contributed by atoms with Crippen LogP contribution in [0.5, 0.6) is 0 Å². The summed E-state index contributed by atoms with van der Waals surface area (Å²) in [5.74, 6) is -0.919. The molecule has 0 saturated heterocycles. The van der Waals surface area contributed by atoms with E-state index < -0.39 is 6.10 Å². The lowest BCUT2D eigenvalue weighted by Crippen LogP contribution is -2.30. The van der Waals surface area contributed by atoms with Gasteiger partial charge in [0.15, 0.2) is 6.10 Å². The third-order valence-corrected chi connectivity index (χ3v) is 12.2. The first-order chi connectivity index (χ1) is 35.5. The zero-order chi connectivity index (χ0) is 52.2. The summed E-state index contributed by atoms with van der Waals surface area (Å²) in [6.07, 6.45) is 82.2. The van der Waals surface area contributed by atoms with Gasteiger partial charge in [0.05, 0.1) is 0 Å². The van der Waals surface area contributed by atoms with Gasteiger partial charge >= 0.3 is 17.9 Å². The molecule has 0 aromatic heterocycles. The number of hydrogen-bond acceptors (Lipinski definition) is 6. The fourth-order valence-corrected chi connectivity index (χ4v) is 7.77. The Morgan fingerprint density at radius 1 is 0.292 bits per heavy atom. The molecule has 0 aliphatic heterocycles. The second-order valence-electron chi connectivity index (χ2n) is 19.2. The first-order valence-corrected chi connectivity index (χ1v) is 29.5. The second-order valence-corrected chi connectivity index (χ2v) is 19.2. The summed E-state index contributed by atoms with van der Waals surface area (Å²) in [4.78, 5) is 37.9. The number of allylic oxidation sites excluding steroid dienone is 20. The van der Waals surface area contributed by atoms with Gasteiger partial charge in [0.1, 0.15) is 13.2 Å². The molecule has 0 heterocycles. The predicted octanol–water partition coefficient (Wildman–Crippen LogP) is 20.0. The summed E-state index contributed by atoms with van der Waals surface area (Å²) >= 11 is 0. The maximum atomic E-state index is 12.8. The molecule has 0 aliphatic rings. The summed E-state index contributed by atoms with van der Waals surface area (Å²) in [6.45, 7) is 6.42. The Morgan fingerprint density at radius 2 is 0.556 bits per heavy atom. The molecule has 6 nitrogen and oxygen atoms in total. The van der Waals surface area contributed by atoms with Crippen molar-refractivity contribution < 1.29 is 28.6 Å². The van der Waals surface area contributed by atoms with Crippen LogP contribution in [0, 0.1) is 0 Å². The number of ether oxygens (including phenoxy) is 3. The minimum absolute atomic E-state index is 0.0870. The number of carbonyl (C=O) groups is 3. The minimum atomic E-state index is -0.787. The summed E-state index contributed by atoms with van der Waals surface area (Å²) in [5.41, 5.74) is 0. The van der Waals surface area contributed by atoms with Crippen LogP contribution < -0.4 is 0 Å². The molecule has 0 rings (SSSR count). The molecule has 0 bridgehead atoms. The average Bonchev–Trinajstić information content (AvgIpc) is 3.38. The molecular formula is C66H108O6. The predicted molar refractivity (Wildman–Crippen MR) is 311 cm³/mol. The highest BCUT2D eigenvalue weighted by Gasteiger charge is 2.19. The molecule has 0 aromatic carbocycles. The zero-order valence-electron chi connectivity index (χ0n) is 46.7. The van der Waals surface area contributed by atoms with E-state index in [9.17, 15) is 14.4 Å². The zero-order valence-corrected chi connectivity index (χ0v) is 46.7. The molecule has 0 fully saturated rings. The van der Waals surface area contributed by atoms with Crippen LogP contribution in [0.25, 0.3) is 0 Å². The van der Waals surface area contributed by atoms with E-state index in [2.05, 4.69) is 142 Å². The van der Waals surface area contributed by atoms with E-state index in [0.29, 0.717) is 19.3 Å². The Balaban J connectivity index is 4.14. The molecule has 408 valence electrons. The van der Waals surface area contributed by atoms with E-state index in [0.717, 1.165) is 141 Å². The standard InChI is InChI=1S/C66H108O6/c1-4-7-10-13-16-18-20-22-24-25-26-27-28-29-30-31-32-33-34-35-36-37-38-39-40-41-42-44-45-47-50-53-56-59-65(68)71-62-63(61-70-64(67)58-55-52-49-15-12-9-6-3)72-66(69)60-57-54-51-48-46-43-23-21-19-17-14-11-8-5-2/h7,10,14,16-18,21-24,26-27,29-30,32-33,35-36,38-39,63H,4-6,8-9,11-13,15,19-20,25,28,31,34,37,40-62H2,1-3H3/b10-7-,17-14-,18-16-,23-21-,24-22-,27-26-,30-29-,33-32-,36-35-,39-38-. The van der Waals surface area contributed by atoms with Gasteiger partial charge in [-0.15, -0.1) is 0 Å². The molecule has 6 heteroatoms. The number of hydrogen-bond donors (Lipinski definition) is 0. The molecular weight excluding hydrogens is 889 g/mol. The van der Waals surface area contributed by atoms with Crippen LogP contribution in [0.3, 0.4) is 0 Å². The van der Waals surface area contributed by atoms with Crippen molar-refractivity contribution >= 4 is 17.9 Å². The molecule has 0 N–H and O–H groups in total. The largest absolute Gasteiger partial charge is 0.462 e. The van der Waals surface area contributed by atoms with Crippen LogP contribution in [0.4, 0.5) is 0 Å². The second kappa shape index (κ2) is 59.4. The summed E-state index contributed by atoms with van der Waals surface area (Å²) < 4.78 is 16.7. The van der Waals surface area contributed by atoms with E-state index in [1.54, 1.807) is 0 Å². The van der Waals surface area contributed by atoms with Gasteiger partial charge in [-0.05, 0) is 109 Å². The number of esters is 3. The topological polar surface area (TPSA) is 78.9 Å². The van der Waals surface area contributed by atoms with Gasteiger partial charge in [-0.25, -0.2) is 0 Å². The van der Waals surface area contributed by atoms with Gasteiger partial charge in [0.2, 0.25) is 0 Å². The van der Waals surface area contributed by atoms with E-state index >= 15 is 0 Å². The summed E-state index contributed by atoms with van der Waals surface area (Å²) in [7, 11) is 0. The highest BCUT2D eigenvalue weighted by molar-refractivity contribution is 5.71. The Bertz CT molecular complexity index is 1520. The van der Waals surface area contributed by atoms with Crippen molar-refractivity contribution in [2.75, 3.05) is 13.2 Å². The van der Waals surface area contributed by atoms with Crippen molar-refractivity contribution in [1.82, 2.24) is 0 Å². The van der Waals surface area contributed by atoms with Gasteiger partial charge < -0.3 is 14.2 Å². The fourth-order valence-electron chi connectivity index (χ4n) is 7.77. The lowest BCUT2D eigenvalue weighted by atomic mass is 10.1. The third-order valence-electron chi connectivity index (χ3n) is 12.2. The van der Waals surface area contributed by atoms with Crippen molar-refractivity contribution in [1.29, 1.82) is 0 Å². The fraction of sp³-hybridized carbons (Fsp3) is 0.652. The molecule has 72 heavy (non-hydrogen) atoms. The maximum absolute atomic E-state index is 12.8. The van der Waals surface area contributed by atoms with Crippen molar-refractivity contribution in [3.8, 4) is 0 Å². The number of carbonyl (C=O) groups excluding carboxylic acids is 3. The van der Waals surface area contributed by atoms with E-state index in [-0.39, 0.29) is 31.1 Å². The van der Waals surface area contributed by atoms with Gasteiger partial charge in [0.25, 0.3) is 0 Å². The first-order valence-electron chi connectivity index (χ1n) is 29.5. The molecule has 0 radical (unpaired) electrons. The quantitative estimate of drug-likeness (QED) is 0.0261. The molecule has 0 aromatic rings. The number of rotatable bonds is 52. The van der Waals surface area contributed by atoms with Crippen LogP contribution in [0.15, 0.2) is 122 Å². The van der Waals surface area contributed by atoms with Crippen molar-refractivity contribution in [2.24, 2.45) is 0 Å². The van der Waals surface area contributed by atoms with E-state index in [1.165, 1.54) is 77.0 Å². The summed E-state index contributed by atoms with van der Waals surface area (Å²) in [6, 6.07) is 0. The van der Waals surface area contributed by atoms with Crippen LogP contribution in [-0.2, 0) is 28.6 Å². The van der Waals surface area contributed by atoms with Crippen molar-refractivity contribution in [3.63, 3.8) is 0 Å².